The van der Waals surface area contributed by atoms with E-state index in [1.54, 1.807) is 36.4 Å². The van der Waals surface area contributed by atoms with Crippen LogP contribution in [0.2, 0.25) is 0 Å². The lowest BCUT2D eigenvalue weighted by atomic mass is 10.0. The molecule has 9 heteroatoms. The zero-order valence-electron chi connectivity index (χ0n) is 16.7. The van der Waals surface area contributed by atoms with Crippen molar-refractivity contribution in [1.29, 1.82) is 0 Å². The second-order valence-corrected chi connectivity index (χ2v) is 7.64. The third-order valence-electron chi connectivity index (χ3n) is 5.63. The van der Waals surface area contributed by atoms with Crippen LogP contribution in [0.25, 0.3) is 0 Å². The molecule has 1 saturated heterocycles. The highest BCUT2D eigenvalue weighted by molar-refractivity contribution is 6.05. The molecular weight excluding hydrogens is 400 g/mol. The van der Waals surface area contributed by atoms with Gasteiger partial charge in [-0.1, -0.05) is 24.3 Å². The summed E-state index contributed by atoms with van der Waals surface area (Å²) in [5.74, 6) is -1.03. The third kappa shape index (κ3) is 3.99. The molecular formula is C22H22N4O5. The predicted molar refractivity (Wildman–Crippen MR) is 111 cm³/mol. The molecule has 1 atom stereocenters. The molecule has 2 aromatic rings. The topological polar surface area (TPSA) is 133 Å². The Morgan fingerprint density at radius 1 is 1.13 bits per heavy atom. The van der Waals surface area contributed by atoms with Crippen LogP contribution in [0.3, 0.4) is 0 Å². The van der Waals surface area contributed by atoms with Crippen LogP contribution in [0.4, 0.5) is 10.5 Å². The van der Waals surface area contributed by atoms with Gasteiger partial charge in [0.2, 0.25) is 11.8 Å². The average Bonchev–Trinajstić information content (AvgIpc) is 3.07. The second-order valence-electron chi connectivity index (χ2n) is 7.64. The van der Waals surface area contributed by atoms with Gasteiger partial charge in [0.1, 0.15) is 6.04 Å². The van der Waals surface area contributed by atoms with Crippen molar-refractivity contribution in [3.63, 3.8) is 0 Å². The number of nitrogens with two attached hydrogens (primary N) is 1. The molecule has 4 rings (SSSR count). The van der Waals surface area contributed by atoms with Gasteiger partial charge in [0.25, 0.3) is 5.91 Å². The van der Waals surface area contributed by atoms with Gasteiger partial charge in [-0.2, -0.15) is 0 Å². The smallest absolute Gasteiger partial charge is 0.319 e. The lowest BCUT2D eigenvalue weighted by Crippen LogP contribution is -2.52. The van der Waals surface area contributed by atoms with Gasteiger partial charge in [-0.3, -0.25) is 24.6 Å². The van der Waals surface area contributed by atoms with Crippen LogP contribution in [-0.2, 0) is 29.3 Å². The van der Waals surface area contributed by atoms with Crippen LogP contribution in [0, 0.1) is 0 Å². The SMILES string of the molecule is NC(=O)N(Cc1ccc2c(c1)CN(C1CCC(=O)NC1=O)C2=O)c1ccc(CO)cc1. The molecule has 2 aliphatic heterocycles. The maximum atomic E-state index is 12.8. The van der Waals surface area contributed by atoms with Gasteiger partial charge in [0.15, 0.2) is 0 Å². The number of aliphatic hydroxyl groups is 1. The van der Waals surface area contributed by atoms with E-state index in [4.69, 9.17) is 5.73 Å². The van der Waals surface area contributed by atoms with E-state index in [1.165, 1.54) is 9.80 Å². The summed E-state index contributed by atoms with van der Waals surface area (Å²) in [4.78, 5) is 51.3. The first kappa shape index (κ1) is 20.5. The summed E-state index contributed by atoms with van der Waals surface area (Å²) in [6, 6.07) is 10.8. The number of hydrogen-bond donors (Lipinski definition) is 3. The molecule has 1 unspecified atom stereocenters. The van der Waals surface area contributed by atoms with Crippen molar-refractivity contribution in [3.8, 4) is 0 Å². The average molecular weight is 422 g/mol. The van der Waals surface area contributed by atoms with Gasteiger partial charge in [-0.25, -0.2) is 4.79 Å². The van der Waals surface area contributed by atoms with Crippen LogP contribution >= 0.6 is 0 Å². The monoisotopic (exact) mass is 422 g/mol. The number of anilines is 1. The lowest BCUT2D eigenvalue weighted by Gasteiger charge is -2.29. The zero-order chi connectivity index (χ0) is 22.1. The van der Waals surface area contributed by atoms with Gasteiger partial charge in [-0.15, -0.1) is 0 Å². The number of rotatable bonds is 5. The van der Waals surface area contributed by atoms with Crippen molar-refractivity contribution in [2.75, 3.05) is 4.90 Å². The van der Waals surface area contributed by atoms with E-state index >= 15 is 0 Å². The van der Waals surface area contributed by atoms with Crippen LogP contribution in [0.15, 0.2) is 42.5 Å². The molecule has 0 aromatic heterocycles. The molecule has 31 heavy (non-hydrogen) atoms. The summed E-state index contributed by atoms with van der Waals surface area (Å²) in [5.41, 5.74) is 8.92. The Morgan fingerprint density at radius 3 is 2.48 bits per heavy atom. The molecule has 2 heterocycles. The van der Waals surface area contributed by atoms with Crippen molar-refractivity contribution >= 4 is 29.4 Å². The number of aliphatic hydroxyl groups excluding tert-OH is 1. The van der Waals surface area contributed by atoms with Crippen LogP contribution in [-0.4, -0.2) is 39.8 Å². The molecule has 0 saturated carbocycles. The minimum absolute atomic E-state index is 0.0978. The Labute approximate surface area is 178 Å². The highest BCUT2D eigenvalue weighted by atomic mass is 16.3. The maximum Gasteiger partial charge on any atom is 0.319 e. The Morgan fingerprint density at radius 2 is 1.84 bits per heavy atom. The van der Waals surface area contributed by atoms with Gasteiger partial charge in [-0.05, 0) is 41.3 Å². The molecule has 4 N–H and O–H groups in total. The van der Waals surface area contributed by atoms with Crippen molar-refractivity contribution in [1.82, 2.24) is 10.2 Å². The highest BCUT2D eigenvalue weighted by Gasteiger charge is 2.39. The lowest BCUT2D eigenvalue weighted by molar-refractivity contribution is -0.136. The van der Waals surface area contributed by atoms with E-state index in [1.807, 2.05) is 6.07 Å². The fourth-order valence-corrected chi connectivity index (χ4v) is 3.99. The van der Waals surface area contributed by atoms with Crippen molar-refractivity contribution in [3.05, 3.63) is 64.7 Å². The summed E-state index contributed by atoms with van der Waals surface area (Å²) in [6.07, 6.45) is 0.501. The molecule has 9 nitrogen and oxygen atoms in total. The fraction of sp³-hybridized carbons (Fsp3) is 0.273. The largest absolute Gasteiger partial charge is 0.392 e. The molecule has 0 spiro atoms. The fourth-order valence-electron chi connectivity index (χ4n) is 3.99. The molecule has 5 amide bonds. The number of carbonyl (C=O) groups is 4. The number of urea groups is 1. The van der Waals surface area contributed by atoms with E-state index in [-0.39, 0.29) is 37.9 Å². The minimum Gasteiger partial charge on any atom is -0.392 e. The van der Waals surface area contributed by atoms with Crippen molar-refractivity contribution in [2.24, 2.45) is 5.73 Å². The number of nitrogens with one attached hydrogen (secondary N) is 1. The molecule has 2 aliphatic rings. The quantitative estimate of drug-likeness (QED) is 0.619. The summed E-state index contributed by atoms with van der Waals surface area (Å²) in [5, 5.41) is 11.5. The number of hydrogen-bond acceptors (Lipinski definition) is 5. The predicted octanol–water partition coefficient (Wildman–Crippen LogP) is 1.03. The number of fused-ring (bicyclic) bond motifs is 1. The summed E-state index contributed by atoms with van der Waals surface area (Å²) < 4.78 is 0. The van der Waals surface area contributed by atoms with E-state index in [2.05, 4.69) is 5.32 Å². The summed E-state index contributed by atoms with van der Waals surface area (Å²) in [7, 11) is 0. The minimum atomic E-state index is -0.673. The van der Waals surface area contributed by atoms with Crippen LogP contribution in [0.1, 0.15) is 39.9 Å². The van der Waals surface area contributed by atoms with E-state index in [0.717, 1.165) is 16.7 Å². The second kappa shape index (κ2) is 8.19. The molecule has 0 bridgehead atoms. The van der Waals surface area contributed by atoms with E-state index in [0.29, 0.717) is 17.7 Å². The Bertz CT molecular complexity index is 1070. The molecule has 2 aromatic carbocycles. The van der Waals surface area contributed by atoms with E-state index < -0.39 is 18.0 Å². The Hall–Kier alpha value is -3.72. The van der Waals surface area contributed by atoms with E-state index in [9.17, 15) is 24.3 Å². The van der Waals surface area contributed by atoms with Gasteiger partial charge < -0.3 is 15.7 Å². The standard InChI is InChI=1S/C22H22N4O5/c23-22(31)25(16-4-1-13(12-27)2-5-16)10-14-3-6-17-15(9-14)11-26(21(17)30)18-7-8-19(28)24-20(18)29/h1-6,9,18,27H,7-8,10-12H2,(H2,23,31)(H,24,28,29). The number of carbonyl (C=O) groups excluding carboxylic acids is 4. The molecule has 160 valence electrons. The number of piperidine rings is 1. The highest BCUT2D eigenvalue weighted by Crippen LogP contribution is 2.29. The van der Waals surface area contributed by atoms with Crippen molar-refractivity contribution in [2.45, 2.75) is 38.6 Å². The first-order valence-corrected chi connectivity index (χ1v) is 9.90. The number of imide groups is 1. The van der Waals surface area contributed by atoms with Gasteiger partial charge in [0, 0.05) is 24.2 Å². The van der Waals surface area contributed by atoms with Gasteiger partial charge >= 0.3 is 6.03 Å². The maximum absolute atomic E-state index is 12.8. The Kier molecular flexibility index (Phi) is 5.43. The normalized spacial score (nSPS) is 18.0. The number of amides is 5. The molecule has 0 aliphatic carbocycles. The zero-order valence-corrected chi connectivity index (χ0v) is 16.7. The third-order valence-corrected chi connectivity index (χ3v) is 5.63. The number of primary amides is 1. The van der Waals surface area contributed by atoms with Crippen molar-refractivity contribution < 1.29 is 24.3 Å². The Balaban J connectivity index is 1.54. The number of nitrogens with zero attached hydrogens (tertiary/aromatic N) is 2. The summed E-state index contributed by atoms with van der Waals surface area (Å²) >= 11 is 0. The summed E-state index contributed by atoms with van der Waals surface area (Å²) in [6.45, 7) is 0.364. The molecule has 1 fully saturated rings. The van der Waals surface area contributed by atoms with Crippen LogP contribution < -0.4 is 16.0 Å². The first-order chi connectivity index (χ1) is 14.9. The van der Waals surface area contributed by atoms with Gasteiger partial charge in [0.05, 0.1) is 13.2 Å². The first-order valence-electron chi connectivity index (χ1n) is 9.90. The molecule has 0 radical (unpaired) electrons. The number of benzene rings is 2. The van der Waals surface area contributed by atoms with Crippen LogP contribution in [0.5, 0.6) is 0 Å².